The number of nitrogens with zero attached hydrogens (tertiary/aromatic N) is 2. The molecule has 5 heterocycles. The number of halogens is 1. The van der Waals surface area contributed by atoms with Gasteiger partial charge in [0.05, 0.1) is 35.0 Å². The van der Waals surface area contributed by atoms with Crippen molar-refractivity contribution >= 4 is 28.7 Å². The van der Waals surface area contributed by atoms with Crippen molar-refractivity contribution in [3.63, 3.8) is 0 Å². The number of hydrogen-bond acceptors (Lipinski definition) is 6. The van der Waals surface area contributed by atoms with Gasteiger partial charge in [-0.15, -0.1) is 0 Å². The first-order valence-electron chi connectivity index (χ1n) is 10.5. The summed E-state index contributed by atoms with van der Waals surface area (Å²) < 4.78 is 17.5. The van der Waals surface area contributed by atoms with Crippen molar-refractivity contribution in [3.05, 3.63) is 40.9 Å². The van der Waals surface area contributed by atoms with E-state index in [2.05, 4.69) is 20.3 Å². The van der Waals surface area contributed by atoms with E-state index < -0.39 is 0 Å². The van der Waals surface area contributed by atoms with Gasteiger partial charge in [0, 0.05) is 18.6 Å². The van der Waals surface area contributed by atoms with Crippen molar-refractivity contribution in [1.29, 1.82) is 0 Å². The van der Waals surface area contributed by atoms with Crippen molar-refractivity contribution < 1.29 is 19.0 Å². The van der Waals surface area contributed by atoms with Gasteiger partial charge < -0.3 is 24.5 Å². The Morgan fingerprint density at radius 3 is 2.81 bits per heavy atom. The normalized spacial score (nSPS) is 27.6. The van der Waals surface area contributed by atoms with Gasteiger partial charge in [-0.2, -0.15) is 4.98 Å². The average Bonchev–Trinajstić information content (AvgIpc) is 3.53. The van der Waals surface area contributed by atoms with Gasteiger partial charge in [0.2, 0.25) is 5.91 Å². The zero-order valence-corrected chi connectivity index (χ0v) is 17.4. The fourth-order valence-electron chi connectivity index (χ4n) is 4.57. The van der Waals surface area contributed by atoms with E-state index in [1.54, 1.807) is 0 Å². The molecule has 0 radical (unpaired) electrons. The standard InChI is InChI=1S/C22H21ClN4O4/c23-13-9-15-21(27-22(25-15)31-17-10-30-16-7-8-29-20(16)17)26-19(13)12-3-1-11(2-4-12)14-5-6-18(28)24-14/h1-4,9,14,16-17,20H,5-8,10H2,(H,24,28)(H,25,26,27). The van der Waals surface area contributed by atoms with Crippen LogP contribution in [0.25, 0.3) is 22.4 Å². The van der Waals surface area contributed by atoms with Crippen LogP contribution in [-0.2, 0) is 14.3 Å². The third kappa shape index (κ3) is 3.44. The number of aromatic nitrogens is 3. The Kier molecular flexibility index (Phi) is 4.59. The number of benzene rings is 1. The maximum atomic E-state index is 11.5. The monoisotopic (exact) mass is 440 g/mol. The van der Waals surface area contributed by atoms with Gasteiger partial charge in [-0.1, -0.05) is 35.9 Å². The summed E-state index contributed by atoms with van der Waals surface area (Å²) in [5.41, 5.74) is 3.85. The molecule has 6 rings (SSSR count). The molecule has 0 spiro atoms. The lowest BCUT2D eigenvalue weighted by atomic mass is 10.0. The fourth-order valence-corrected chi connectivity index (χ4v) is 4.83. The molecule has 4 atom stereocenters. The summed E-state index contributed by atoms with van der Waals surface area (Å²) in [7, 11) is 0. The molecule has 3 saturated heterocycles. The molecule has 2 aromatic heterocycles. The SMILES string of the molecule is O=C1CCC(c2ccc(-c3nc4nc(OC5COC6CCOC65)[nH]c4cc3Cl)cc2)N1. The highest BCUT2D eigenvalue weighted by Gasteiger charge is 2.43. The lowest BCUT2D eigenvalue weighted by molar-refractivity contribution is -0.119. The second-order valence-corrected chi connectivity index (χ2v) is 8.57. The predicted molar refractivity (Wildman–Crippen MR) is 113 cm³/mol. The quantitative estimate of drug-likeness (QED) is 0.646. The lowest BCUT2D eigenvalue weighted by Crippen LogP contribution is -2.32. The maximum absolute atomic E-state index is 11.5. The Morgan fingerprint density at radius 1 is 1.13 bits per heavy atom. The lowest BCUT2D eigenvalue weighted by Gasteiger charge is -2.15. The number of pyridine rings is 1. The van der Waals surface area contributed by atoms with Crippen molar-refractivity contribution in [2.24, 2.45) is 0 Å². The molecule has 8 nitrogen and oxygen atoms in total. The number of rotatable bonds is 4. The first-order chi connectivity index (χ1) is 15.1. The number of amides is 1. The number of carbonyl (C=O) groups excluding carboxylic acids is 1. The van der Waals surface area contributed by atoms with E-state index in [4.69, 9.17) is 25.8 Å². The van der Waals surface area contributed by atoms with Crippen molar-refractivity contribution in [1.82, 2.24) is 20.3 Å². The number of ether oxygens (including phenoxy) is 3. The van der Waals surface area contributed by atoms with Crippen molar-refractivity contribution in [2.75, 3.05) is 13.2 Å². The van der Waals surface area contributed by atoms with E-state index >= 15 is 0 Å². The first kappa shape index (κ1) is 19.0. The highest BCUT2D eigenvalue weighted by molar-refractivity contribution is 6.33. The van der Waals surface area contributed by atoms with E-state index in [-0.39, 0.29) is 30.3 Å². The highest BCUT2D eigenvalue weighted by Crippen LogP contribution is 2.33. The summed E-state index contributed by atoms with van der Waals surface area (Å²) >= 11 is 6.53. The van der Waals surface area contributed by atoms with Crippen molar-refractivity contribution in [3.8, 4) is 17.3 Å². The van der Waals surface area contributed by atoms with Crippen LogP contribution in [0.5, 0.6) is 6.01 Å². The Morgan fingerprint density at radius 2 is 2.00 bits per heavy atom. The molecule has 3 aliphatic rings. The number of H-pyrrole nitrogens is 1. The molecule has 0 saturated carbocycles. The molecule has 1 amide bonds. The van der Waals surface area contributed by atoms with Crippen molar-refractivity contribution in [2.45, 2.75) is 43.6 Å². The second kappa shape index (κ2) is 7.47. The number of imidazole rings is 1. The zero-order chi connectivity index (χ0) is 20.9. The minimum absolute atomic E-state index is 0.0523. The van der Waals surface area contributed by atoms with E-state index in [1.165, 1.54) is 0 Å². The molecule has 4 unspecified atom stereocenters. The number of hydrogen-bond donors (Lipinski definition) is 2. The van der Waals surface area contributed by atoms with Crippen LogP contribution in [0.2, 0.25) is 5.02 Å². The van der Waals surface area contributed by atoms with Gasteiger partial charge in [0.25, 0.3) is 6.01 Å². The summed E-state index contributed by atoms with van der Waals surface area (Å²) in [6.45, 7) is 1.18. The van der Waals surface area contributed by atoms with Crippen LogP contribution >= 0.6 is 11.6 Å². The van der Waals surface area contributed by atoms with E-state index in [9.17, 15) is 4.79 Å². The molecule has 9 heteroatoms. The van der Waals surface area contributed by atoms with Gasteiger partial charge in [0.15, 0.2) is 11.8 Å². The Labute approximate surface area is 183 Å². The number of carbonyl (C=O) groups is 1. The number of aromatic amines is 1. The molecule has 3 aromatic rings. The van der Waals surface area contributed by atoms with Crippen LogP contribution in [0.15, 0.2) is 30.3 Å². The Hall–Kier alpha value is -2.68. The van der Waals surface area contributed by atoms with Gasteiger partial charge in [-0.25, -0.2) is 4.98 Å². The molecular formula is C22H21ClN4O4. The molecule has 3 aliphatic heterocycles. The minimum atomic E-state index is -0.188. The summed E-state index contributed by atoms with van der Waals surface area (Å²) in [4.78, 5) is 23.8. The minimum Gasteiger partial charge on any atom is -0.456 e. The molecular weight excluding hydrogens is 420 g/mol. The Bertz CT molecular complexity index is 1150. The average molecular weight is 441 g/mol. The van der Waals surface area contributed by atoms with Gasteiger partial charge >= 0.3 is 0 Å². The number of nitrogens with one attached hydrogen (secondary N) is 2. The van der Waals surface area contributed by atoms with Crippen LogP contribution in [0, 0.1) is 0 Å². The Balaban J connectivity index is 1.25. The van der Waals surface area contributed by atoms with E-state index in [0.717, 1.165) is 24.0 Å². The van der Waals surface area contributed by atoms with Crippen LogP contribution in [-0.4, -0.2) is 52.4 Å². The predicted octanol–water partition coefficient (Wildman–Crippen LogP) is 3.16. The van der Waals surface area contributed by atoms with Crippen LogP contribution in [0.1, 0.15) is 30.9 Å². The molecule has 1 aromatic carbocycles. The molecule has 3 fully saturated rings. The maximum Gasteiger partial charge on any atom is 0.296 e. The summed E-state index contributed by atoms with van der Waals surface area (Å²) in [5, 5.41) is 3.51. The molecule has 0 aliphatic carbocycles. The summed E-state index contributed by atoms with van der Waals surface area (Å²) in [5.74, 6) is 0.0972. The largest absolute Gasteiger partial charge is 0.456 e. The molecule has 160 valence electrons. The molecule has 31 heavy (non-hydrogen) atoms. The highest BCUT2D eigenvalue weighted by atomic mass is 35.5. The van der Waals surface area contributed by atoms with Crippen LogP contribution in [0.3, 0.4) is 0 Å². The van der Waals surface area contributed by atoms with E-state index in [0.29, 0.717) is 47.5 Å². The van der Waals surface area contributed by atoms with Crippen LogP contribution in [0.4, 0.5) is 0 Å². The van der Waals surface area contributed by atoms with E-state index in [1.807, 2.05) is 30.3 Å². The first-order valence-corrected chi connectivity index (χ1v) is 10.9. The van der Waals surface area contributed by atoms with Crippen LogP contribution < -0.4 is 10.1 Å². The zero-order valence-electron chi connectivity index (χ0n) is 16.6. The smallest absolute Gasteiger partial charge is 0.296 e. The molecule has 2 N–H and O–H groups in total. The third-order valence-corrected chi connectivity index (χ3v) is 6.46. The van der Waals surface area contributed by atoms with Gasteiger partial charge in [-0.05, 0) is 24.5 Å². The second-order valence-electron chi connectivity index (χ2n) is 8.16. The topological polar surface area (TPSA) is 98.4 Å². The summed E-state index contributed by atoms with van der Waals surface area (Å²) in [6, 6.07) is 10.2. The molecule has 0 bridgehead atoms. The number of fused-ring (bicyclic) bond motifs is 2. The summed E-state index contributed by atoms with van der Waals surface area (Å²) in [6.07, 6.45) is 2.15. The van der Waals surface area contributed by atoms with Gasteiger partial charge in [-0.3, -0.25) is 4.79 Å². The van der Waals surface area contributed by atoms with Gasteiger partial charge in [0.1, 0.15) is 6.10 Å². The third-order valence-electron chi connectivity index (χ3n) is 6.17. The fraction of sp³-hybridized carbons (Fsp3) is 0.409.